The van der Waals surface area contributed by atoms with Crippen molar-refractivity contribution >= 4 is 11.4 Å². The number of carbonyl (C=O) groups excluding carboxylic acids is 1. The fourth-order valence-corrected chi connectivity index (χ4v) is 3.94. The molecule has 0 N–H and O–H groups in total. The third-order valence-corrected chi connectivity index (χ3v) is 5.34. The molecule has 0 amide bonds. The summed E-state index contributed by atoms with van der Waals surface area (Å²) in [4.78, 5) is 26.0. The molecule has 0 spiro atoms. The Morgan fingerprint density at radius 1 is 1.19 bits per heavy atom. The number of fused-ring (bicyclic) bond motifs is 3. The van der Waals surface area contributed by atoms with Gasteiger partial charge in [0.05, 0.1) is 12.7 Å². The van der Waals surface area contributed by atoms with Gasteiger partial charge in [-0.3, -0.25) is 9.78 Å². The molecule has 1 aliphatic rings. The van der Waals surface area contributed by atoms with Gasteiger partial charge in [-0.1, -0.05) is 12.1 Å². The van der Waals surface area contributed by atoms with Crippen LogP contribution in [0.2, 0.25) is 0 Å². The van der Waals surface area contributed by atoms with E-state index in [2.05, 4.69) is 15.1 Å². The highest BCUT2D eigenvalue weighted by Gasteiger charge is 2.36. The Morgan fingerprint density at radius 3 is 2.68 bits per heavy atom. The second kappa shape index (κ2) is 7.32. The number of ether oxygens (including phenoxy) is 2. The van der Waals surface area contributed by atoms with Gasteiger partial charge < -0.3 is 9.47 Å². The maximum absolute atomic E-state index is 12.7. The number of ketones is 1. The van der Waals surface area contributed by atoms with Crippen molar-refractivity contribution < 1.29 is 14.3 Å². The molecule has 31 heavy (non-hydrogen) atoms. The fraction of sp³-hybridized carbons (Fsp3) is 0.174. The van der Waals surface area contributed by atoms with Crippen LogP contribution in [0, 0.1) is 0 Å². The molecule has 0 aliphatic carbocycles. The number of hydrogen-bond donors (Lipinski definition) is 0. The average Bonchev–Trinajstić information content (AvgIpc) is 3.23. The van der Waals surface area contributed by atoms with Gasteiger partial charge in [0, 0.05) is 29.4 Å². The summed E-state index contributed by atoms with van der Waals surface area (Å²) in [5, 5.41) is 4.56. The summed E-state index contributed by atoms with van der Waals surface area (Å²) in [6, 6.07) is 11.3. The summed E-state index contributed by atoms with van der Waals surface area (Å²) in [7, 11) is 1.62. The van der Waals surface area contributed by atoms with Gasteiger partial charge in [-0.25, -0.2) is 14.5 Å². The summed E-state index contributed by atoms with van der Waals surface area (Å²) in [6.07, 6.45) is 4.97. The molecule has 0 saturated heterocycles. The van der Waals surface area contributed by atoms with Gasteiger partial charge in [0.15, 0.2) is 17.3 Å². The molecular weight excluding hydrogens is 394 g/mol. The third-order valence-electron chi connectivity index (χ3n) is 5.34. The number of benzene rings is 1. The van der Waals surface area contributed by atoms with Crippen molar-refractivity contribution in [3.63, 3.8) is 0 Å². The molecule has 4 heterocycles. The van der Waals surface area contributed by atoms with Gasteiger partial charge >= 0.3 is 0 Å². The number of Topliss-reactive ketones (excluding diaryl/α,β-unsaturated/α-hetero) is 1. The maximum Gasteiger partial charge on any atom is 0.228 e. The molecular formula is C23H19N5O3. The molecule has 154 valence electrons. The zero-order chi connectivity index (χ0) is 21.5. The molecule has 4 aromatic rings. The highest BCUT2D eigenvalue weighted by atomic mass is 16.5. The Balaban J connectivity index is 1.76. The number of aromatic nitrogens is 5. The zero-order valence-corrected chi connectivity index (χ0v) is 17.2. The van der Waals surface area contributed by atoms with Crippen LogP contribution < -0.4 is 9.47 Å². The van der Waals surface area contributed by atoms with Gasteiger partial charge in [0.1, 0.15) is 17.8 Å². The first-order chi connectivity index (χ1) is 15.1. The van der Waals surface area contributed by atoms with Crippen LogP contribution in [0.5, 0.6) is 11.6 Å². The molecule has 8 heteroatoms. The number of methoxy groups -OCH3 is 1. The molecule has 0 saturated carbocycles. The topological polar surface area (TPSA) is 91.5 Å². The smallest absolute Gasteiger partial charge is 0.228 e. The zero-order valence-electron chi connectivity index (χ0n) is 17.2. The van der Waals surface area contributed by atoms with Crippen LogP contribution in [0.4, 0.5) is 0 Å². The van der Waals surface area contributed by atoms with Crippen molar-refractivity contribution in [2.24, 2.45) is 0 Å². The molecule has 0 fully saturated rings. The number of pyridine rings is 1. The first-order valence-corrected chi connectivity index (χ1v) is 9.76. The van der Waals surface area contributed by atoms with Crippen molar-refractivity contribution in [2.75, 3.05) is 7.11 Å². The summed E-state index contributed by atoms with van der Waals surface area (Å²) >= 11 is 0. The minimum atomic E-state index is -0.394. The van der Waals surface area contributed by atoms with E-state index in [0.717, 1.165) is 16.9 Å². The Bertz CT molecular complexity index is 1330. The van der Waals surface area contributed by atoms with Crippen molar-refractivity contribution in [1.82, 2.24) is 24.6 Å². The van der Waals surface area contributed by atoms with E-state index in [1.165, 1.54) is 0 Å². The SMILES string of the molecule is COc1ccc([C@@H]2C(C(C)=O)=C(C)Oc3ncn4nc(-c5cccnc5)nc4c32)cc1. The van der Waals surface area contributed by atoms with E-state index in [9.17, 15) is 4.79 Å². The molecule has 1 atom stereocenters. The number of hydrogen-bond acceptors (Lipinski definition) is 7. The van der Waals surface area contributed by atoms with Crippen LogP contribution >= 0.6 is 0 Å². The molecule has 3 aromatic heterocycles. The summed E-state index contributed by atoms with van der Waals surface area (Å²) in [6.45, 7) is 3.33. The molecule has 1 aromatic carbocycles. The number of rotatable bonds is 4. The van der Waals surface area contributed by atoms with E-state index in [0.29, 0.717) is 34.2 Å². The summed E-state index contributed by atoms with van der Waals surface area (Å²) in [5.74, 6) is 1.74. The monoisotopic (exact) mass is 413 g/mol. The van der Waals surface area contributed by atoms with Crippen molar-refractivity contribution in [3.8, 4) is 23.0 Å². The maximum atomic E-state index is 12.7. The van der Waals surface area contributed by atoms with Gasteiger partial charge in [-0.2, -0.15) is 0 Å². The second-order valence-corrected chi connectivity index (χ2v) is 7.24. The fourth-order valence-electron chi connectivity index (χ4n) is 3.94. The number of carbonyl (C=O) groups is 1. The standard InChI is InChI=1S/C23H19N5O3/c1-13(29)18-14(2)31-23-20(19(18)15-6-8-17(30-3)9-7-15)22-26-21(27-28(22)12-25-23)16-5-4-10-24-11-16/h4-12,19H,1-3H3/t19-/m1/s1. The first kappa shape index (κ1) is 18.9. The molecule has 0 radical (unpaired) electrons. The first-order valence-electron chi connectivity index (χ1n) is 9.76. The Morgan fingerprint density at radius 2 is 2.00 bits per heavy atom. The Hall–Kier alpha value is -4.07. The van der Waals surface area contributed by atoms with Gasteiger partial charge in [-0.15, -0.1) is 5.10 Å². The number of nitrogens with zero attached hydrogens (tertiary/aromatic N) is 5. The van der Waals surface area contributed by atoms with E-state index in [1.54, 1.807) is 44.2 Å². The van der Waals surface area contributed by atoms with Crippen molar-refractivity contribution in [3.05, 3.63) is 77.6 Å². The highest BCUT2D eigenvalue weighted by molar-refractivity contribution is 5.97. The lowest BCUT2D eigenvalue weighted by Crippen LogP contribution is -2.22. The minimum Gasteiger partial charge on any atom is -0.497 e. The summed E-state index contributed by atoms with van der Waals surface area (Å²) in [5.41, 5.74) is 3.55. The van der Waals surface area contributed by atoms with Crippen LogP contribution in [-0.2, 0) is 4.79 Å². The lowest BCUT2D eigenvalue weighted by atomic mass is 9.82. The van der Waals surface area contributed by atoms with Crippen LogP contribution in [0.1, 0.15) is 30.9 Å². The van der Waals surface area contributed by atoms with Crippen LogP contribution in [0.25, 0.3) is 17.0 Å². The van der Waals surface area contributed by atoms with Crippen molar-refractivity contribution in [2.45, 2.75) is 19.8 Å². The predicted octanol–water partition coefficient (Wildman–Crippen LogP) is 3.58. The second-order valence-electron chi connectivity index (χ2n) is 7.24. The number of allylic oxidation sites excluding steroid dienone is 2. The van der Waals surface area contributed by atoms with Gasteiger partial charge in [0.2, 0.25) is 5.88 Å². The minimum absolute atomic E-state index is 0.0713. The molecule has 8 nitrogen and oxygen atoms in total. The van der Waals surface area contributed by atoms with E-state index in [4.69, 9.17) is 14.5 Å². The van der Waals surface area contributed by atoms with Crippen LogP contribution in [-0.4, -0.2) is 37.5 Å². The lowest BCUT2D eigenvalue weighted by Gasteiger charge is -2.28. The predicted molar refractivity (Wildman–Crippen MR) is 113 cm³/mol. The van der Waals surface area contributed by atoms with E-state index in [1.807, 2.05) is 36.4 Å². The molecule has 5 rings (SSSR count). The third kappa shape index (κ3) is 3.13. The van der Waals surface area contributed by atoms with Gasteiger partial charge in [-0.05, 0) is 43.7 Å². The van der Waals surface area contributed by atoms with E-state index in [-0.39, 0.29) is 5.78 Å². The molecule has 1 aliphatic heterocycles. The molecule has 0 bridgehead atoms. The normalized spacial score (nSPS) is 15.5. The van der Waals surface area contributed by atoms with Crippen molar-refractivity contribution in [1.29, 1.82) is 0 Å². The Kier molecular flexibility index (Phi) is 4.47. The molecule has 0 unspecified atom stereocenters. The van der Waals surface area contributed by atoms with Gasteiger partial charge in [0.25, 0.3) is 0 Å². The largest absolute Gasteiger partial charge is 0.497 e. The highest BCUT2D eigenvalue weighted by Crippen LogP contribution is 2.44. The van der Waals surface area contributed by atoms with E-state index < -0.39 is 5.92 Å². The average molecular weight is 413 g/mol. The van der Waals surface area contributed by atoms with E-state index >= 15 is 0 Å². The quantitative estimate of drug-likeness (QED) is 0.505. The van der Waals surface area contributed by atoms with Crippen LogP contribution in [0.15, 0.2) is 66.5 Å². The lowest BCUT2D eigenvalue weighted by molar-refractivity contribution is -0.114. The Labute approximate surface area is 178 Å². The summed E-state index contributed by atoms with van der Waals surface area (Å²) < 4.78 is 12.9. The van der Waals surface area contributed by atoms with Crippen LogP contribution in [0.3, 0.4) is 0 Å².